The summed E-state index contributed by atoms with van der Waals surface area (Å²) in [6.07, 6.45) is 8.43. The Morgan fingerprint density at radius 1 is 1.11 bits per heavy atom. The van der Waals surface area contributed by atoms with E-state index >= 15 is 0 Å². The van der Waals surface area contributed by atoms with Gasteiger partial charge < -0.3 is 20.3 Å². The summed E-state index contributed by atoms with van der Waals surface area (Å²) in [6.45, 7) is 9.04. The van der Waals surface area contributed by atoms with E-state index in [1.54, 1.807) is 6.07 Å². The molecule has 0 radical (unpaired) electrons. The van der Waals surface area contributed by atoms with E-state index in [1.807, 2.05) is 50.2 Å². The second-order valence-electron chi connectivity index (χ2n) is 10.9. The van der Waals surface area contributed by atoms with Gasteiger partial charge in [0.05, 0.1) is 24.4 Å². The molecule has 0 aliphatic heterocycles. The molecule has 1 aliphatic carbocycles. The standard InChI is InChI=1S/C30H43NO4/c1-21-17-24(15-16-26(21)29(33)34)28-14-10-9-13-27(28)22(2)35-20-25(32)19-31-30(3,4)18-23-11-7-5-6-8-12-23/h9-10,13-17,22-23,25,31-32H,5-8,11-12,18-20H2,1-4H3,(H,33,34). The van der Waals surface area contributed by atoms with Crippen molar-refractivity contribution in [1.29, 1.82) is 0 Å². The van der Waals surface area contributed by atoms with Crippen LogP contribution in [0.5, 0.6) is 0 Å². The van der Waals surface area contributed by atoms with Crippen molar-refractivity contribution in [3.8, 4) is 11.1 Å². The van der Waals surface area contributed by atoms with Crippen LogP contribution in [0.2, 0.25) is 0 Å². The van der Waals surface area contributed by atoms with Gasteiger partial charge in [0.2, 0.25) is 0 Å². The summed E-state index contributed by atoms with van der Waals surface area (Å²) in [4.78, 5) is 11.4. The molecule has 0 heterocycles. The Balaban J connectivity index is 1.55. The summed E-state index contributed by atoms with van der Waals surface area (Å²) in [5.41, 5.74) is 4.02. The van der Waals surface area contributed by atoms with E-state index < -0.39 is 12.1 Å². The van der Waals surface area contributed by atoms with Crippen molar-refractivity contribution < 1.29 is 19.7 Å². The van der Waals surface area contributed by atoms with Gasteiger partial charge in [-0.3, -0.25) is 0 Å². The van der Waals surface area contributed by atoms with Crippen LogP contribution >= 0.6 is 0 Å². The lowest BCUT2D eigenvalue weighted by Crippen LogP contribution is -2.45. The van der Waals surface area contributed by atoms with Gasteiger partial charge in [-0.25, -0.2) is 4.79 Å². The fourth-order valence-corrected chi connectivity index (χ4v) is 5.35. The summed E-state index contributed by atoms with van der Waals surface area (Å²) in [5.74, 6) is -0.142. The minimum Gasteiger partial charge on any atom is -0.478 e. The van der Waals surface area contributed by atoms with Gasteiger partial charge >= 0.3 is 5.97 Å². The molecule has 0 bridgehead atoms. The lowest BCUT2D eigenvalue weighted by Gasteiger charge is -2.32. The number of nitrogens with one attached hydrogen (secondary N) is 1. The number of aliphatic hydroxyl groups excluding tert-OH is 1. The first-order valence-corrected chi connectivity index (χ1v) is 13.1. The first-order chi connectivity index (χ1) is 16.7. The summed E-state index contributed by atoms with van der Waals surface area (Å²) >= 11 is 0. The molecule has 35 heavy (non-hydrogen) atoms. The lowest BCUT2D eigenvalue weighted by atomic mass is 9.86. The van der Waals surface area contributed by atoms with Crippen LogP contribution in [0.1, 0.15) is 93.3 Å². The minimum absolute atomic E-state index is 0.00578. The second-order valence-corrected chi connectivity index (χ2v) is 10.9. The molecule has 2 aromatic carbocycles. The summed E-state index contributed by atoms with van der Waals surface area (Å²) in [6, 6.07) is 13.4. The number of carbonyl (C=O) groups is 1. The average molecular weight is 482 g/mol. The van der Waals surface area contributed by atoms with E-state index in [-0.39, 0.29) is 18.2 Å². The number of aromatic carboxylic acids is 1. The van der Waals surface area contributed by atoms with Crippen LogP contribution < -0.4 is 5.32 Å². The molecule has 0 spiro atoms. The van der Waals surface area contributed by atoms with Crippen LogP contribution in [-0.2, 0) is 4.74 Å². The van der Waals surface area contributed by atoms with Gasteiger partial charge in [-0.15, -0.1) is 0 Å². The molecule has 5 heteroatoms. The van der Waals surface area contributed by atoms with Gasteiger partial charge in [0.1, 0.15) is 0 Å². The molecule has 1 saturated carbocycles. The minimum atomic E-state index is -0.918. The number of aliphatic hydroxyl groups is 1. The van der Waals surface area contributed by atoms with E-state index in [4.69, 9.17) is 4.74 Å². The van der Waals surface area contributed by atoms with Gasteiger partial charge in [-0.05, 0) is 68.4 Å². The lowest BCUT2D eigenvalue weighted by molar-refractivity contribution is -0.00446. The zero-order valence-corrected chi connectivity index (χ0v) is 21.8. The maximum absolute atomic E-state index is 11.4. The van der Waals surface area contributed by atoms with Crippen LogP contribution in [0.3, 0.4) is 0 Å². The van der Waals surface area contributed by atoms with Crippen LogP contribution in [0, 0.1) is 12.8 Å². The normalized spacial score (nSPS) is 17.1. The third-order valence-corrected chi connectivity index (χ3v) is 7.30. The monoisotopic (exact) mass is 481 g/mol. The largest absolute Gasteiger partial charge is 0.478 e. The molecule has 3 N–H and O–H groups in total. The zero-order chi connectivity index (χ0) is 25.4. The number of β-amino-alcohol motifs (C(OH)–C–C–N with tert-alkyl or cyclic N) is 1. The number of benzene rings is 2. The van der Waals surface area contributed by atoms with Gasteiger partial charge in [-0.2, -0.15) is 0 Å². The van der Waals surface area contributed by atoms with E-state index in [1.165, 1.54) is 38.5 Å². The van der Waals surface area contributed by atoms with Crippen molar-refractivity contribution in [2.24, 2.45) is 5.92 Å². The topological polar surface area (TPSA) is 78.8 Å². The van der Waals surface area contributed by atoms with Gasteiger partial charge in [0.15, 0.2) is 0 Å². The molecule has 2 atom stereocenters. The molecule has 192 valence electrons. The van der Waals surface area contributed by atoms with Crippen LogP contribution in [-0.4, -0.2) is 41.0 Å². The highest BCUT2D eigenvalue weighted by Crippen LogP contribution is 2.32. The Morgan fingerprint density at radius 3 is 2.46 bits per heavy atom. The summed E-state index contributed by atoms with van der Waals surface area (Å²) in [7, 11) is 0. The quantitative estimate of drug-likeness (QED) is 0.318. The third kappa shape index (κ3) is 8.16. The maximum atomic E-state index is 11.4. The Bertz CT molecular complexity index is 963. The Hall–Kier alpha value is -2.21. The highest BCUT2D eigenvalue weighted by atomic mass is 16.5. The zero-order valence-electron chi connectivity index (χ0n) is 21.8. The van der Waals surface area contributed by atoms with Crippen molar-refractivity contribution in [3.05, 3.63) is 59.2 Å². The van der Waals surface area contributed by atoms with Crippen molar-refractivity contribution in [2.45, 2.75) is 90.4 Å². The number of rotatable bonds is 11. The predicted molar refractivity (Wildman–Crippen MR) is 142 cm³/mol. The molecule has 2 unspecified atom stereocenters. The Labute approximate surface area is 210 Å². The van der Waals surface area contributed by atoms with Gasteiger partial charge in [0, 0.05) is 12.1 Å². The Morgan fingerprint density at radius 2 is 1.80 bits per heavy atom. The highest BCUT2D eigenvalue weighted by molar-refractivity contribution is 5.90. The first kappa shape index (κ1) is 27.4. The number of ether oxygens (including phenoxy) is 1. The molecule has 3 rings (SSSR count). The Kier molecular flexibility index (Phi) is 9.90. The maximum Gasteiger partial charge on any atom is 0.335 e. The first-order valence-electron chi connectivity index (χ1n) is 13.1. The smallest absolute Gasteiger partial charge is 0.335 e. The van der Waals surface area contributed by atoms with Crippen molar-refractivity contribution in [2.75, 3.05) is 13.2 Å². The predicted octanol–water partition coefficient (Wildman–Crippen LogP) is 6.53. The molecule has 2 aromatic rings. The number of carboxylic acid groups (broad SMARTS) is 1. The van der Waals surface area contributed by atoms with Gasteiger partial charge in [0.25, 0.3) is 0 Å². The average Bonchev–Trinajstić information content (AvgIpc) is 3.09. The molecule has 5 nitrogen and oxygen atoms in total. The van der Waals surface area contributed by atoms with Crippen molar-refractivity contribution >= 4 is 5.97 Å². The van der Waals surface area contributed by atoms with Crippen LogP contribution in [0.15, 0.2) is 42.5 Å². The van der Waals surface area contributed by atoms with E-state index in [9.17, 15) is 15.0 Å². The van der Waals surface area contributed by atoms with E-state index in [0.29, 0.717) is 12.1 Å². The third-order valence-electron chi connectivity index (χ3n) is 7.30. The number of aryl methyl sites for hydroxylation is 1. The molecule has 0 saturated heterocycles. The second kappa shape index (κ2) is 12.7. The SMILES string of the molecule is Cc1cc(-c2ccccc2C(C)OCC(O)CNC(C)(C)CC2CCCCCC2)ccc1C(=O)O. The van der Waals surface area contributed by atoms with Gasteiger partial charge in [-0.1, -0.05) is 74.9 Å². The van der Waals surface area contributed by atoms with Crippen molar-refractivity contribution in [1.82, 2.24) is 5.32 Å². The molecule has 0 amide bonds. The van der Waals surface area contributed by atoms with Crippen LogP contribution in [0.25, 0.3) is 11.1 Å². The van der Waals surface area contributed by atoms with Crippen LogP contribution in [0.4, 0.5) is 0 Å². The summed E-state index contributed by atoms with van der Waals surface area (Å²) < 4.78 is 6.09. The van der Waals surface area contributed by atoms with E-state index in [2.05, 4.69) is 19.2 Å². The molecule has 0 aromatic heterocycles. The highest BCUT2D eigenvalue weighted by Gasteiger charge is 2.25. The van der Waals surface area contributed by atoms with E-state index in [0.717, 1.165) is 34.6 Å². The number of carboxylic acids is 1. The molecular weight excluding hydrogens is 438 g/mol. The van der Waals surface area contributed by atoms with Crippen molar-refractivity contribution in [3.63, 3.8) is 0 Å². The molecule has 1 aliphatic rings. The number of hydrogen-bond donors (Lipinski definition) is 3. The fraction of sp³-hybridized carbons (Fsp3) is 0.567. The molecule has 1 fully saturated rings. The molecular formula is C30H43NO4. The number of hydrogen-bond acceptors (Lipinski definition) is 4. The fourth-order valence-electron chi connectivity index (χ4n) is 5.35. The summed E-state index contributed by atoms with van der Waals surface area (Å²) in [5, 5.41) is 23.5.